The Labute approximate surface area is 70.6 Å². The molecule has 0 unspecified atom stereocenters. The Balaban J connectivity index is 2.50. The summed E-state index contributed by atoms with van der Waals surface area (Å²) in [6, 6.07) is 5.41. The van der Waals surface area contributed by atoms with E-state index in [-0.39, 0.29) is 0 Å². The molecule has 0 N–H and O–H groups in total. The summed E-state index contributed by atoms with van der Waals surface area (Å²) in [7, 11) is 1.93. The maximum Gasteiger partial charge on any atom is 0.161 e. The standard InChI is InChI=1S/C9H9NO2/c1-10-6-12-9-3-2-7(5-11)4-8(9)10/h2-5H,6H2,1H3. The Kier molecular flexibility index (Phi) is 1.50. The zero-order valence-corrected chi connectivity index (χ0v) is 6.78. The van der Waals surface area contributed by atoms with Gasteiger partial charge < -0.3 is 9.64 Å². The van der Waals surface area contributed by atoms with E-state index >= 15 is 0 Å². The normalized spacial score (nSPS) is 13.9. The molecular formula is C9H9NO2. The van der Waals surface area contributed by atoms with Crippen molar-refractivity contribution in [3.8, 4) is 5.75 Å². The van der Waals surface area contributed by atoms with Gasteiger partial charge in [-0.3, -0.25) is 4.79 Å². The van der Waals surface area contributed by atoms with E-state index in [4.69, 9.17) is 4.74 Å². The number of carbonyl (C=O) groups is 1. The van der Waals surface area contributed by atoms with Gasteiger partial charge in [-0.2, -0.15) is 0 Å². The Hall–Kier alpha value is -1.51. The average Bonchev–Trinajstić information content (AvgIpc) is 2.47. The van der Waals surface area contributed by atoms with Crippen molar-refractivity contribution < 1.29 is 9.53 Å². The van der Waals surface area contributed by atoms with Gasteiger partial charge in [-0.05, 0) is 18.2 Å². The number of nitrogens with zero attached hydrogens (tertiary/aromatic N) is 1. The van der Waals surface area contributed by atoms with E-state index < -0.39 is 0 Å². The van der Waals surface area contributed by atoms with Crippen molar-refractivity contribution in [1.82, 2.24) is 0 Å². The molecule has 0 fully saturated rings. The van der Waals surface area contributed by atoms with Crippen molar-refractivity contribution in [2.45, 2.75) is 0 Å². The number of rotatable bonds is 1. The number of hydrogen-bond donors (Lipinski definition) is 0. The highest BCUT2D eigenvalue weighted by atomic mass is 16.5. The molecule has 0 spiro atoms. The average molecular weight is 163 g/mol. The van der Waals surface area contributed by atoms with Crippen molar-refractivity contribution in [3.63, 3.8) is 0 Å². The van der Waals surface area contributed by atoms with Crippen molar-refractivity contribution in [2.75, 3.05) is 18.7 Å². The monoisotopic (exact) mass is 163 g/mol. The molecule has 1 aliphatic heterocycles. The van der Waals surface area contributed by atoms with Gasteiger partial charge in [0.1, 0.15) is 12.0 Å². The first-order chi connectivity index (χ1) is 5.81. The van der Waals surface area contributed by atoms with Crippen LogP contribution < -0.4 is 9.64 Å². The maximum atomic E-state index is 10.5. The van der Waals surface area contributed by atoms with Crippen LogP contribution in [0.2, 0.25) is 0 Å². The molecule has 0 atom stereocenters. The third kappa shape index (κ3) is 0.942. The molecule has 0 saturated heterocycles. The molecule has 3 nitrogen and oxygen atoms in total. The van der Waals surface area contributed by atoms with Gasteiger partial charge in [0.2, 0.25) is 0 Å². The van der Waals surface area contributed by atoms with Crippen LogP contribution in [0.15, 0.2) is 18.2 Å². The molecule has 1 heterocycles. The minimum absolute atomic E-state index is 0.567. The zero-order valence-electron chi connectivity index (χ0n) is 6.78. The summed E-state index contributed by atoms with van der Waals surface area (Å²) >= 11 is 0. The summed E-state index contributed by atoms with van der Waals surface area (Å²) in [6.07, 6.45) is 0.840. The Bertz CT molecular complexity index is 322. The molecule has 0 aliphatic carbocycles. The van der Waals surface area contributed by atoms with Gasteiger partial charge in [-0.15, -0.1) is 0 Å². The van der Waals surface area contributed by atoms with Gasteiger partial charge >= 0.3 is 0 Å². The summed E-state index contributed by atoms with van der Waals surface area (Å²) in [5.41, 5.74) is 1.67. The second-order valence-corrected chi connectivity index (χ2v) is 2.82. The van der Waals surface area contributed by atoms with Gasteiger partial charge in [0.25, 0.3) is 0 Å². The molecule has 0 saturated carbocycles. The van der Waals surface area contributed by atoms with Crippen LogP contribution in [0.4, 0.5) is 5.69 Å². The first kappa shape index (κ1) is 7.16. The lowest BCUT2D eigenvalue weighted by Gasteiger charge is -2.07. The molecule has 3 heteroatoms. The molecule has 12 heavy (non-hydrogen) atoms. The minimum Gasteiger partial charge on any atom is -0.471 e. The fraction of sp³-hybridized carbons (Fsp3) is 0.222. The summed E-state index contributed by atoms with van der Waals surface area (Å²) in [5.74, 6) is 0.850. The predicted octanol–water partition coefficient (Wildman–Crippen LogP) is 1.29. The van der Waals surface area contributed by atoms with E-state index in [2.05, 4.69) is 0 Å². The molecule has 0 radical (unpaired) electrons. The van der Waals surface area contributed by atoms with Crippen molar-refractivity contribution in [1.29, 1.82) is 0 Å². The van der Waals surface area contributed by atoms with Gasteiger partial charge in [0, 0.05) is 12.6 Å². The van der Waals surface area contributed by atoms with E-state index in [0.29, 0.717) is 12.3 Å². The third-order valence-corrected chi connectivity index (χ3v) is 1.94. The fourth-order valence-corrected chi connectivity index (χ4v) is 1.26. The highest BCUT2D eigenvalue weighted by Crippen LogP contribution is 2.32. The Morgan fingerprint density at radius 3 is 3.17 bits per heavy atom. The van der Waals surface area contributed by atoms with E-state index in [1.54, 1.807) is 6.07 Å². The third-order valence-electron chi connectivity index (χ3n) is 1.94. The van der Waals surface area contributed by atoms with Crippen LogP contribution in [0, 0.1) is 0 Å². The first-order valence-corrected chi connectivity index (χ1v) is 3.74. The SMILES string of the molecule is CN1COc2ccc(C=O)cc21. The summed E-state index contributed by atoms with van der Waals surface area (Å²) in [5, 5.41) is 0. The smallest absolute Gasteiger partial charge is 0.161 e. The van der Waals surface area contributed by atoms with Crippen LogP contribution in [-0.4, -0.2) is 20.1 Å². The van der Waals surface area contributed by atoms with Crippen molar-refractivity contribution in [3.05, 3.63) is 23.8 Å². The number of hydrogen-bond acceptors (Lipinski definition) is 3. The van der Waals surface area contributed by atoms with Crippen molar-refractivity contribution >= 4 is 12.0 Å². The second-order valence-electron chi connectivity index (χ2n) is 2.82. The van der Waals surface area contributed by atoms with Crippen LogP contribution in [0.5, 0.6) is 5.75 Å². The number of benzene rings is 1. The largest absolute Gasteiger partial charge is 0.471 e. The fourth-order valence-electron chi connectivity index (χ4n) is 1.26. The van der Waals surface area contributed by atoms with Crippen LogP contribution in [0.1, 0.15) is 10.4 Å². The lowest BCUT2D eigenvalue weighted by atomic mass is 10.2. The molecule has 62 valence electrons. The molecule has 1 aliphatic rings. The first-order valence-electron chi connectivity index (χ1n) is 3.74. The molecule has 1 aromatic rings. The summed E-state index contributed by atoms with van der Waals surface area (Å²) < 4.78 is 5.32. The lowest BCUT2D eigenvalue weighted by molar-refractivity contribution is 0.112. The summed E-state index contributed by atoms with van der Waals surface area (Å²) in [4.78, 5) is 12.4. The van der Waals surface area contributed by atoms with Gasteiger partial charge in [0.15, 0.2) is 6.73 Å². The number of ether oxygens (including phenoxy) is 1. The highest BCUT2D eigenvalue weighted by Gasteiger charge is 2.16. The molecule has 0 bridgehead atoms. The van der Waals surface area contributed by atoms with E-state index in [1.807, 2.05) is 24.1 Å². The summed E-state index contributed by atoms with van der Waals surface area (Å²) in [6.45, 7) is 0.567. The Morgan fingerprint density at radius 1 is 1.58 bits per heavy atom. The van der Waals surface area contributed by atoms with Crippen LogP contribution in [0.25, 0.3) is 0 Å². The number of carbonyl (C=O) groups excluding carboxylic acids is 1. The lowest BCUT2D eigenvalue weighted by Crippen LogP contribution is -2.14. The van der Waals surface area contributed by atoms with Gasteiger partial charge in [-0.1, -0.05) is 0 Å². The van der Waals surface area contributed by atoms with Crippen LogP contribution in [-0.2, 0) is 0 Å². The second kappa shape index (κ2) is 2.52. The van der Waals surface area contributed by atoms with E-state index in [1.165, 1.54) is 0 Å². The quantitative estimate of drug-likeness (QED) is 0.584. The minimum atomic E-state index is 0.567. The predicted molar refractivity (Wildman–Crippen MR) is 45.7 cm³/mol. The zero-order chi connectivity index (χ0) is 8.55. The topological polar surface area (TPSA) is 29.5 Å². The van der Waals surface area contributed by atoms with Crippen molar-refractivity contribution in [2.24, 2.45) is 0 Å². The number of anilines is 1. The molecule has 0 aromatic heterocycles. The van der Waals surface area contributed by atoms with Gasteiger partial charge in [-0.25, -0.2) is 0 Å². The number of fused-ring (bicyclic) bond motifs is 1. The van der Waals surface area contributed by atoms with Gasteiger partial charge in [0.05, 0.1) is 5.69 Å². The molecule has 0 amide bonds. The van der Waals surface area contributed by atoms with Crippen LogP contribution >= 0.6 is 0 Å². The van der Waals surface area contributed by atoms with Crippen LogP contribution in [0.3, 0.4) is 0 Å². The maximum absolute atomic E-state index is 10.5. The Morgan fingerprint density at radius 2 is 2.42 bits per heavy atom. The number of aldehydes is 1. The molecule has 1 aromatic carbocycles. The van der Waals surface area contributed by atoms with E-state index in [9.17, 15) is 4.79 Å². The molecular weight excluding hydrogens is 154 g/mol. The molecule has 2 rings (SSSR count). The highest BCUT2D eigenvalue weighted by molar-refractivity contribution is 5.79. The van der Waals surface area contributed by atoms with E-state index in [0.717, 1.165) is 17.7 Å².